The lowest BCUT2D eigenvalue weighted by Crippen LogP contribution is -2.53. The maximum atomic E-state index is 13.0. The quantitative estimate of drug-likeness (QED) is 0.652. The zero-order chi connectivity index (χ0) is 23.5. The molecular weight excluding hydrogens is 426 g/mol. The Morgan fingerprint density at radius 3 is 2.44 bits per heavy atom. The van der Waals surface area contributed by atoms with Crippen LogP contribution in [0, 0.1) is 0 Å². The summed E-state index contributed by atoms with van der Waals surface area (Å²) >= 11 is 0. The van der Waals surface area contributed by atoms with Gasteiger partial charge >= 0.3 is 0 Å². The molecule has 3 aliphatic rings. The number of methoxy groups -OCH3 is 2. The van der Waals surface area contributed by atoms with E-state index in [1.807, 2.05) is 18.2 Å². The van der Waals surface area contributed by atoms with Gasteiger partial charge in [0.1, 0.15) is 11.5 Å². The van der Waals surface area contributed by atoms with Crippen molar-refractivity contribution < 1.29 is 14.3 Å². The molecule has 1 saturated heterocycles. The molecule has 0 bridgehead atoms. The van der Waals surface area contributed by atoms with Crippen molar-refractivity contribution in [1.82, 2.24) is 14.7 Å². The monoisotopic (exact) mass is 463 g/mol. The second-order valence-electron chi connectivity index (χ2n) is 9.87. The van der Waals surface area contributed by atoms with Gasteiger partial charge in [-0.15, -0.1) is 0 Å². The fourth-order valence-corrected chi connectivity index (χ4v) is 5.85. The van der Waals surface area contributed by atoms with Crippen LogP contribution in [0.15, 0.2) is 36.4 Å². The molecule has 6 heteroatoms. The molecule has 5 rings (SSSR count). The van der Waals surface area contributed by atoms with Crippen molar-refractivity contribution >= 4 is 5.91 Å². The van der Waals surface area contributed by atoms with Crippen molar-refractivity contribution in [3.05, 3.63) is 47.5 Å². The van der Waals surface area contributed by atoms with E-state index in [1.165, 1.54) is 36.8 Å². The number of rotatable bonds is 6. The van der Waals surface area contributed by atoms with E-state index in [-0.39, 0.29) is 5.91 Å². The number of hydrogen-bond donors (Lipinski definition) is 0. The maximum Gasteiger partial charge on any atom is 0.236 e. The maximum absolute atomic E-state index is 13.0. The fraction of sp³-hybridized carbons (Fsp3) is 0.536. The Kier molecular flexibility index (Phi) is 7.07. The molecule has 0 radical (unpaired) electrons. The van der Waals surface area contributed by atoms with E-state index in [0.29, 0.717) is 6.54 Å². The summed E-state index contributed by atoms with van der Waals surface area (Å²) in [5.41, 5.74) is 4.85. The summed E-state index contributed by atoms with van der Waals surface area (Å²) in [5, 5.41) is 0. The van der Waals surface area contributed by atoms with Gasteiger partial charge in [-0.1, -0.05) is 31.0 Å². The third kappa shape index (κ3) is 4.93. The van der Waals surface area contributed by atoms with Crippen molar-refractivity contribution in [3.63, 3.8) is 0 Å². The van der Waals surface area contributed by atoms with Gasteiger partial charge in [0.15, 0.2) is 0 Å². The minimum atomic E-state index is 0.284. The van der Waals surface area contributed by atoms with Crippen molar-refractivity contribution in [1.29, 1.82) is 0 Å². The number of fused-ring (bicyclic) bond motifs is 1. The predicted molar refractivity (Wildman–Crippen MR) is 134 cm³/mol. The van der Waals surface area contributed by atoms with Crippen LogP contribution in [0.5, 0.6) is 11.5 Å². The Hall–Kier alpha value is -2.57. The van der Waals surface area contributed by atoms with Crippen molar-refractivity contribution in [2.75, 3.05) is 53.5 Å². The normalized spacial score (nSPS) is 19.8. The number of nitrogens with zero attached hydrogens (tertiary/aromatic N) is 3. The Labute approximate surface area is 203 Å². The topological polar surface area (TPSA) is 45.3 Å². The zero-order valence-electron chi connectivity index (χ0n) is 20.6. The SMILES string of the molecule is COc1ccc(OC)c(-c2ccc3c(c2)CCN(CC(=O)N2CCN(C4CCCC4)CC2)C3)c1. The molecular formula is C28H37N3O3. The van der Waals surface area contributed by atoms with Crippen LogP contribution in [-0.2, 0) is 17.8 Å². The smallest absolute Gasteiger partial charge is 0.236 e. The molecule has 34 heavy (non-hydrogen) atoms. The first-order valence-corrected chi connectivity index (χ1v) is 12.7. The first-order valence-electron chi connectivity index (χ1n) is 12.7. The molecule has 2 aliphatic heterocycles. The van der Waals surface area contributed by atoms with Crippen LogP contribution in [0.4, 0.5) is 0 Å². The van der Waals surface area contributed by atoms with E-state index >= 15 is 0 Å². The summed E-state index contributed by atoms with van der Waals surface area (Å²) in [4.78, 5) is 20.0. The molecule has 1 aliphatic carbocycles. The Morgan fingerprint density at radius 1 is 0.912 bits per heavy atom. The summed E-state index contributed by atoms with van der Waals surface area (Å²) in [6.45, 7) is 6.11. The minimum absolute atomic E-state index is 0.284. The first kappa shape index (κ1) is 23.2. The molecule has 2 aromatic rings. The molecule has 2 fully saturated rings. The third-order valence-electron chi connectivity index (χ3n) is 7.88. The van der Waals surface area contributed by atoms with Gasteiger partial charge in [-0.3, -0.25) is 14.6 Å². The molecule has 0 N–H and O–H groups in total. The molecule has 1 amide bonds. The summed E-state index contributed by atoms with van der Waals surface area (Å²) < 4.78 is 11.0. The number of amides is 1. The van der Waals surface area contributed by atoms with Gasteiger partial charge in [0.25, 0.3) is 0 Å². The van der Waals surface area contributed by atoms with Crippen LogP contribution in [0.1, 0.15) is 36.8 Å². The van der Waals surface area contributed by atoms with Crippen LogP contribution in [0.25, 0.3) is 11.1 Å². The number of ether oxygens (including phenoxy) is 2. The van der Waals surface area contributed by atoms with Crippen LogP contribution in [0.2, 0.25) is 0 Å². The zero-order valence-corrected chi connectivity index (χ0v) is 20.6. The number of piperazine rings is 1. The van der Waals surface area contributed by atoms with Crippen molar-refractivity contribution in [3.8, 4) is 22.6 Å². The average Bonchev–Trinajstić information content (AvgIpc) is 3.43. The average molecular weight is 464 g/mol. The number of hydrogen-bond acceptors (Lipinski definition) is 5. The summed E-state index contributed by atoms with van der Waals surface area (Å²) in [5.74, 6) is 1.95. The molecule has 0 aromatic heterocycles. The van der Waals surface area contributed by atoms with Gasteiger partial charge < -0.3 is 14.4 Å². The van der Waals surface area contributed by atoms with E-state index in [0.717, 1.165) is 74.4 Å². The Bertz CT molecular complexity index is 1010. The fourth-order valence-electron chi connectivity index (χ4n) is 5.85. The van der Waals surface area contributed by atoms with Gasteiger partial charge in [-0.05, 0) is 54.2 Å². The molecule has 0 unspecified atom stereocenters. The van der Waals surface area contributed by atoms with Crippen molar-refractivity contribution in [2.45, 2.75) is 44.7 Å². The standard InChI is InChI=1S/C28H37N3O3/c1-33-25-9-10-27(34-2)26(18-25)22-7-8-23-19-29(12-11-21(23)17-22)20-28(32)31-15-13-30(14-16-31)24-5-3-4-6-24/h7-10,17-18,24H,3-6,11-16,19-20H2,1-2H3. The highest BCUT2D eigenvalue weighted by Crippen LogP contribution is 2.35. The highest BCUT2D eigenvalue weighted by atomic mass is 16.5. The second-order valence-corrected chi connectivity index (χ2v) is 9.87. The minimum Gasteiger partial charge on any atom is -0.497 e. The highest BCUT2D eigenvalue weighted by Gasteiger charge is 2.29. The lowest BCUT2D eigenvalue weighted by Gasteiger charge is -2.39. The number of benzene rings is 2. The lowest BCUT2D eigenvalue weighted by molar-refractivity contribution is -0.134. The van der Waals surface area contributed by atoms with Gasteiger partial charge in [0, 0.05) is 50.9 Å². The van der Waals surface area contributed by atoms with Gasteiger partial charge in [-0.25, -0.2) is 0 Å². The van der Waals surface area contributed by atoms with E-state index in [1.54, 1.807) is 14.2 Å². The van der Waals surface area contributed by atoms with Crippen LogP contribution in [-0.4, -0.2) is 80.1 Å². The molecule has 2 heterocycles. The second kappa shape index (κ2) is 10.4. The Morgan fingerprint density at radius 2 is 1.71 bits per heavy atom. The van der Waals surface area contributed by atoms with Gasteiger partial charge in [-0.2, -0.15) is 0 Å². The number of carbonyl (C=O) groups is 1. The van der Waals surface area contributed by atoms with Crippen molar-refractivity contribution in [2.24, 2.45) is 0 Å². The lowest BCUT2D eigenvalue weighted by atomic mass is 9.94. The van der Waals surface area contributed by atoms with Crippen LogP contribution < -0.4 is 9.47 Å². The first-order chi connectivity index (χ1) is 16.6. The largest absolute Gasteiger partial charge is 0.497 e. The van der Waals surface area contributed by atoms with E-state index in [2.05, 4.69) is 32.9 Å². The summed E-state index contributed by atoms with van der Waals surface area (Å²) in [6, 6.07) is 13.3. The van der Waals surface area contributed by atoms with E-state index < -0.39 is 0 Å². The van der Waals surface area contributed by atoms with Gasteiger partial charge in [0.05, 0.1) is 20.8 Å². The van der Waals surface area contributed by atoms with E-state index in [4.69, 9.17) is 9.47 Å². The summed E-state index contributed by atoms with van der Waals surface area (Å²) in [7, 11) is 3.39. The van der Waals surface area contributed by atoms with E-state index in [9.17, 15) is 4.79 Å². The van der Waals surface area contributed by atoms with Crippen LogP contribution in [0.3, 0.4) is 0 Å². The third-order valence-corrected chi connectivity index (χ3v) is 7.88. The molecule has 0 atom stereocenters. The number of carbonyl (C=O) groups excluding carboxylic acids is 1. The highest BCUT2D eigenvalue weighted by molar-refractivity contribution is 5.78. The molecule has 6 nitrogen and oxygen atoms in total. The Balaban J connectivity index is 1.19. The molecule has 182 valence electrons. The van der Waals surface area contributed by atoms with Crippen LogP contribution >= 0.6 is 0 Å². The molecule has 1 saturated carbocycles. The molecule has 2 aromatic carbocycles. The summed E-state index contributed by atoms with van der Waals surface area (Å²) in [6.07, 6.45) is 6.38. The van der Waals surface area contributed by atoms with Gasteiger partial charge in [0.2, 0.25) is 5.91 Å². The predicted octanol–water partition coefficient (Wildman–Crippen LogP) is 3.82. The molecule has 0 spiro atoms.